The van der Waals surface area contributed by atoms with Crippen molar-refractivity contribution in [1.29, 1.82) is 0 Å². The van der Waals surface area contributed by atoms with Crippen LogP contribution in [0.3, 0.4) is 0 Å². The third-order valence-corrected chi connectivity index (χ3v) is 6.51. The average Bonchev–Trinajstić information content (AvgIpc) is 3.18. The molecule has 9 heteroatoms. The maximum atomic E-state index is 12.7. The van der Waals surface area contributed by atoms with Gasteiger partial charge >= 0.3 is 0 Å². The van der Waals surface area contributed by atoms with Crippen LogP contribution in [0.25, 0.3) is 5.69 Å². The Morgan fingerprint density at radius 1 is 1.09 bits per heavy atom. The molecule has 1 fully saturated rings. The van der Waals surface area contributed by atoms with Gasteiger partial charge < -0.3 is 10.1 Å². The molecule has 2 aromatic carbocycles. The van der Waals surface area contributed by atoms with Gasteiger partial charge in [-0.3, -0.25) is 14.3 Å². The van der Waals surface area contributed by atoms with Crippen molar-refractivity contribution in [3.05, 3.63) is 64.4 Å². The number of hydrogen-bond donors (Lipinski definition) is 1. The number of aromatic nitrogens is 3. The van der Waals surface area contributed by atoms with Crippen molar-refractivity contribution in [2.75, 3.05) is 37.4 Å². The number of nitrogens with one attached hydrogen (secondary N) is 1. The number of rotatable bonds is 7. The second kappa shape index (κ2) is 10.5. The molecule has 0 atom stereocenters. The maximum absolute atomic E-state index is 12.7. The summed E-state index contributed by atoms with van der Waals surface area (Å²) >= 11 is 7.46. The number of carbonyl (C=O) groups excluding carboxylic acids is 1. The molecule has 1 saturated heterocycles. The lowest BCUT2D eigenvalue weighted by Crippen LogP contribution is -2.36. The van der Waals surface area contributed by atoms with Crippen molar-refractivity contribution in [2.45, 2.75) is 25.5 Å². The summed E-state index contributed by atoms with van der Waals surface area (Å²) in [6.07, 6.45) is 0. The minimum atomic E-state index is -0.0761. The van der Waals surface area contributed by atoms with Gasteiger partial charge in [0.05, 0.1) is 25.5 Å². The van der Waals surface area contributed by atoms with Crippen molar-refractivity contribution >= 4 is 35.0 Å². The van der Waals surface area contributed by atoms with Gasteiger partial charge in [0.1, 0.15) is 0 Å². The van der Waals surface area contributed by atoms with E-state index in [4.69, 9.17) is 16.3 Å². The number of ether oxygens (including phenoxy) is 1. The van der Waals surface area contributed by atoms with Crippen LogP contribution < -0.4 is 5.32 Å². The largest absolute Gasteiger partial charge is 0.379 e. The Bertz CT molecular complexity index is 1060. The molecule has 0 saturated carbocycles. The van der Waals surface area contributed by atoms with E-state index in [1.54, 1.807) is 0 Å². The summed E-state index contributed by atoms with van der Waals surface area (Å²) < 4.78 is 7.46. The third-order valence-electron chi connectivity index (χ3n) is 5.33. The Kier molecular flexibility index (Phi) is 7.47. The van der Waals surface area contributed by atoms with Gasteiger partial charge in [0.15, 0.2) is 11.0 Å². The van der Waals surface area contributed by atoms with Crippen LogP contribution in [0.15, 0.2) is 47.6 Å². The summed E-state index contributed by atoms with van der Waals surface area (Å²) in [7, 11) is 0. The quantitative estimate of drug-likeness (QED) is 0.523. The minimum absolute atomic E-state index is 0.0761. The van der Waals surface area contributed by atoms with Crippen molar-refractivity contribution in [3.8, 4) is 5.69 Å². The van der Waals surface area contributed by atoms with Gasteiger partial charge in [-0.2, -0.15) is 0 Å². The predicted molar refractivity (Wildman–Crippen MR) is 128 cm³/mol. The molecule has 1 amide bonds. The van der Waals surface area contributed by atoms with Crippen LogP contribution >= 0.6 is 23.4 Å². The normalized spacial score (nSPS) is 14.5. The number of amides is 1. The molecular formula is C23H26ClN5O2S. The summed E-state index contributed by atoms with van der Waals surface area (Å²) in [4.78, 5) is 15.0. The van der Waals surface area contributed by atoms with E-state index in [1.165, 1.54) is 11.8 Å². The van der Waals surface area contributed by atoms with Crippen LogP contribution in [0, 0.1) is 13.8 Å². The first-order valence-corrected chi connectivity index (χ1v) is 11.9. The Hall–Kier alpha value is -2.39. The molecule has 1 aliphatic heterocycles. The van der Waals surface area contributed by atoms with Gasteiger partial charge in [-0.05, 0) is 49.2 Å². The highest BCUT2D eigenvalue weighted by Crippen LogP contribution is 2.25. The molecule has 1 N–H and O–H groups in total. The topological polar surface area (TPSA) is 72.3 Å². The monoisotopic (exact) mass is 471 g/mol. The summed E-state index contributed by atoms with van der Waals surface area (Å²) in [5.41, 5.74) is 3.87. The molecule has 1 aliphatic rings. The lowest BCUT2D eigenvalue weighted by Gasteiger charge is -2.26. The molecular weight excluding hydrogens is 446 g/mol. The van der Waals surface area contributed by atoms with Crippen molar-refractivity contribution in [1.82, 2.24) is 19.7 Å². The van der Waals surface area contributed by atoms with Crippen LogP contribution in [-0.4, -0.2) is 57.6 Å². The molecule has 0 bridgehead atoms. The number of nitrogens with zero attached hydrogens (tertiary/aromatic N) is 4. The van der Waals surface area contributed by atoms with Crippen LogP contribution in [0.4, 0.5) is 5.69 Å². The molecule has 168 valence electrons. The number of para-hydroxylation sites is 1. The molecule has 0 radical (unpaired) electrons. The van der Waals surface area contributed by atoms with Gasteiger partial charge in [-0.25, -0.2) is 0 Å². The van der Waals surface area contributed by atoms with E-state index in [9.17, 15) is 4.79 Å². The second-order valence-electron chi connectivity index (χ2n) is 7.70. The van der Waals surface area contributed by atoms with Crippen molar-refractivity contribution < 1.29 is 9.53 Å². The standard InChI is InChI=1S/C23H26ClN5O2S/c1-16-4-3-5-17(2)22(16)25-21(30)15-32-23-27-26-20(14-28-10-12-31-13-11-28)29(23)19-8-6-18(24)7-9-19/h3-9H,10-15H2,1-2H3,(H,25,30). The molecule has 0 unspecified atom stereocenters. The highest BCUT2D eigenvalue weighted by atomic mass is 35.5. The fraction of sp³-hybridized carbons (Fsp3) is 0.348. The predicted octanol–water partition coefficient (Wildman–Crippen LogP) is 4.10. The number of benzene rings is 2. The number of thioether (sulfide) groups is 1. The summed E-state index contributed by atoms with van der Waals surface area (Å²) in [6.45, 7) is 7.79. The van der Waals surface area contributed by atoms with E-state index in [0.717, 1.165) is 54.6 Å². The van der Waals surface area contributed by atoms with E-state index in [-0.39, 0.29) is 11.7 Å². The SMILES string of the molecule is Cc1cccc(C)c1NC(=O)CSc1nnc(CN2CCOCC2)n1-c1ccc(Cl)cc1. The van der Waals surface area contributed by atoms with Gasteiger partial charge in [0.2, 0.25) is 5.91 Å². The smallest absolute Gasteiger partial charge is 0.234 e. The summed E-state index contributed by atoms with van der Waals surface area (Å²) in [6, 6.07) is 13.5. The van der Waals surface area contributed by atoms with Crippen molar-refractivity contribution in [3.63, 3.8) is 0 Å². The molecule has 32 heavy (non-hydrogen) atoms. The van der Waals surface area contributed by atoms with Crippen LogP contribution in [0.5, 0.6) is 0 Å². The second-order valence-corrected chi connectivity index (χ2v) is 9.08. The summed E-state index contributed by atoms with van der Waals surface area (Å²) in [5.74, 6) is 0.983. The molecule has 0 aliphatic carbocycles. The zero-order valence-electron chi connectivity index (χ0n) is 18.2. The molecule has 2 heterocycles. The first-order chi connectivity index (χ1) is 15.5. The van der Waals surface area contributed by atoms with E-state index >= 15 is 0 Å². The number of halogens is 1. The number of anilines is 1. The Morgan fingerprint density at radius 2 is 1.78 bits per heavy atom. The highest BCUT2D eigenvalue weighted by Gasteiger charge is 2.20. The highest BCUT2D eigenvalue weighted by molar-refractivity contribution is 7.99. The van der Waals surface area contributed by atoms with Crippen LogP contribution in [-0.2, 0) is 16.1 Å². The van der Waals surface area contributed by atoms with Crippen LogP contribution in [0.1, 0.15) is 17.0 Å². The molecule has 4 rings (SSSR count). The number of hydrogen-bond acceptors (Lipinski definition) is 6. The molecule has 3 aromatic rings. The Morgan fingerprint density at radius 3 is 2.47 bits per heavy atom. The fourth-order valence-electron chi connectivity index (χ4n) is 3.62. The van der Waals surface area contributed by atoms with E-state index in [0.29, 0.717) is 16.7 Å². The van der Waals surface area contributed by atoms with E-state index < -0.39 is 0 Å². The number of morpholine rings is 1. The molecule has 1 aromatic heterocycles. The maximum Gasteiger partial charge on any atom is 0.234 e. The first kappa shape index (κ1) is 22.8. The van der Waals surface area contributed by atoms with Gasteiger partial charge in [-0.15, -0.1) is 10.2 Å². The lowest BCUT2D eigenvalue weighted by molar-refractivity contribution is -0.113. The Balaban J connectivity index is 1.52. The zero-order valence-corrected chi connectivity index (χ0v) is 19.7. The molecule has 0 spiro atoms. The van der Waals surface area contributed by atoms with E-state index in [2.05, 4.69) is 20.4 Å². The Labute approximate surface area is 197 Å². The zero-order chi connectivity index (χ0) is 22.5. The minimum Gasteiger partial charge on any atom is -0.379 e. The number of carbonyl (C=O) groups is 1. The van der Waals surface area contributed by atoms with Gasteiger partial charge in [0.25, 0.3) is 0 Å². The van der Waals surface area contributed by atoms with Gasteiger partial charge in [-0.1, -0.05) is 41.6 Å². The average molecular weight is 472 g/mol. The first-order valence-electron chi connectivity index (χ1n) is 10.5. The van der Waals surface area contributed by atoms with Crippen LogP contribution in [0.2, 0.25) is 5.02 Å². The molecule has 7 nitrogen and oxygen atoms in total. The fourth-order valence-corrected chi connectivity index (χ4v) is 4.52. The lowest BCUT2D eigenvalue weighted by atomic mass is 10.1. The number of aryl methyl sites for hydroxylation is 2. The third kappa shape index (κ3) is 5.50. The summed E-state index contributed by atoms with van der Waals surface area (Å²) in [5, 5.41) is 13.2. The van der Waals surface area contributed by atoms with Crippen molar-refractivity contribution in [2.24, 2.45) is 0 Å². The van der Waals surface area contributed by atoms with E-state index in [1.807, 2.05) is 60.9 Å². The van der Waals surface area contributed by atoms with Gasteiger partial charge in [0, 0.05) is 29.5 Å².